The van der Waals surface area contributed by atoms with E-state index in [2.05, 4.69) is 0 Å². The summed E-state index contributed by atoms with van der Waals surface area (Å²) in [6.07, 6.45) is -4.40. The molecule has 0 aliphatic carbocycles. The summed E-state index contributed by atoms with van der Waals surface area (Å²) < 4.78 is 37.9. The number of rotatable bonds is 0. The molecule has 0 heterocycles. The highest BCUT2D eigenvalue weighted by molar-refractivity contribution is 14.1. The molecular formula is C8H2F3I2N. The molecule has 1 aromatic carbocycles. The second-order valence-corrected chi connectivity index (χ2v) is 4.67. The van der Waals surface area contributed by atoms with Gasteiger partial charge < -0.3 is 0 Å². The van der Waals surface area contributed by atoms with Crippen molar-refractivity contribution in [2.24, 2.45) is 0 Å². The van der Waals surface area contributed by atoms with Crippen molar-refractivity contribution in [1.29, 1.82) is 5.26 Å². The molecule has 1 nitrogen and oxygen atoms in total. The van der Waals surface area contributed by atoms with Gasteiger partial charge >= 0.3 is 6.18 Å². The fourth-order valence-electron chi connectivity index (χ4n) is 0.860. The van der Waals surface area contributed by atoms with Gasteiger partial charge in [-0.1, -0.05) is 0 Å². The summed E-state index contributed by atoms with van der Waals surface area (Å²) in [5.41, 5.74) is -0.719. The van der Waals surface area contributed by atoms with E-state index in [1.165, 1.54) is 6.07 Å². The Kier molecular flexibility index (Phi) is 3.63. The molecule has 0 aliphatic heterocycles. The van der Waals surface area contributed by atoms with Crippen molar-refractivity contribution in [3.8, 4) is 6.07 Å². The predicted molar refractivity (Wildman–Crippen MR) is 61.6 cm³/mol. The van der Waals surface area contributed by atoms with Crippen molar-refractivity contribution < 1.29 is 13.2 Å². The zero-order valence-corrected chi connectivity index (χ0v) is 10.8. The number of nitriles is 1. The first-order valence-electron chi connectivity index (χ1n) is 3.32. The van der Waals surface area contributed by atoms with Crippen LogP contribution in [0.5, 0.6) is 0 Å². The van der Waals surface area contributed by atoms with E-state index in [0.717, 1.165) is 6.07 Å². The van der Waals surface area contributed by atoms with Gasteiger partial charge in [0.05, 0.1) is 17.2 Å². The van der Waals surface area contributed by atoms with Gasteiger partial charge in [-0.25, -0.2) is 0 Å². The van der Waals surface area contributed by atoms with Crippen molar-refractivity contribution >= 4 is 45.2 Å². The Morgan fingerprint density at radius 2 is 1.79 bits per heavy atom. The molecule has 0 unspecified atom stereocenters. The Hall–Kier alpha value is -0.0400. The minimum Gasteiger partial charge on any atom is -0.192 e. The number of hydrogen-bond acceptors (Lipinski definition) is 1. The Bertz CT molecular complexity index is 406. The highest BCUT2D eigenvalue weighted by Gasteiger charge is 2.34. The Labute approximate surface area is 106 Å². The van der Waals surface area contributed by atoms with Crippen LogP contribution in [-0.2, 0) is 6.18 Å². The van der Waals surface area contributed by atoms with Crippen LogP contribution in [0.2, 0.25) is 0 Å². The van der Waals surface area contributed by atoms with Crippen LogP contribution in [0.1, 0.15) is 11.1 Å². The van der Waals surface area contributed by atoms with Gasteiger partial charge in [-0.05, 0) is 57.3 Å². The van der Waals surface area contributed by atoms with Crippen LogP contribution >= 0.6 is 45.2 Å². The lowest BCUT2D eigenvalue weighted by molar-refractivity contribution is -0.138. The monoisotopic (exact) mass is 423 g/mol. The lowest BCUT2D eigenvalue weighted by Gasteiger charge is -2.10. The summed E-state index contributed by atoms with van der Waals surface area (Å²) in [5.74, 6) is 0. The predicted octanol–water partition coefficient (Wildman–Crippen LogP) is 3.79. The minimum atomic E-state index is -4.40. The molecule has 0 aromatic heterocycles. The number of alkyl halides is 3. The molecule has 0 N–H and O–H groups in total. The van der Waals surface area contributed by atoms with Crippen molar-refractivity contribution in [1.82, 2.24) is 0 Å². The van der Waals surface area contributed by atoms with Gasteiger partial charge in [0.25, 0.3) is 0 Å². The summed E-state index contributed by atoms with van der Waals surface area (Å²) in [7, 11) is 0. The van der Waals surface area contributed by atoms with Crippen LogP contribution in [0, 0.1) is 18.5 Å². The normalized spacial score (nSPS) is 11.1. The summed E-state index contributed by atoms with van der Waals surface area (Å²) in [5, 5.41) is 8.52. The third-order valence-corrected chi connectivity index (χ3v) is 4.51. The number of nitrogens with zero attached hydrogens (tertiary/aromatic N) is 1. The summed E-state index contributed by atoms with van der Waals surface area (Å²) in [6.45, 7) is 0. The van der Waals surface area contributed by atoms with Crippen molar-refractivity contribution in [3.05, 3.63) is 30.4 Å². The third kappa shape index (κ3) is 2.50. The highest BCUT2D eigenvalue weighted by Crippen LogP contribution is 2.35. The number of hydrogen-bond donors (Lipinski definition) is 0. The molecule has 0 spiro atoms. The first-order chi connectivity index (χ1) is 6.36. The zero-order valence-electron chi connectivity index (χ0n) is 6.49. The molecule has 1 rings (SSSR count). The van der Waals surface area contributed by atoms with E-state index < -0.39 is 11.7 Å². The van der Waals surface area contributed by atoms with E-state index in [1.54, 1.807) is 51.3 Å². The van der Waals surface area contributed by atoms with Crippen LogP contribution in [0.25, 0.3) is 0 Å². The average molecular weight is 423 g/mol. The third-order valence-electron chi connectivity index (χ3n) is 1.46. The topological polar surface area (TPSA) is 23.8 Å². The Morgan fingerprint density at radius 3 is 2.21 bits per heavy atom. The van der Waals surface area contributed by atoms with E-state index in [9.17, 15) is 13.2 Å². The molecule has 1 aromatic rings. The van der Waals surface area contributed by atoms with Crippen LogP contribution in [0.4, 0.5) is 13.2 Å². The smallest absolute Gasteiger partial charge is 0.192 e. The average Bonchev–Trinajstić information content (AvgIpc) is 2.07. The molecule has 6 heteroatoms. The van der Waals surface area contributed by atoms with E-state index in [-0.39, 0.29) is 9.13 Å². The van der Waals surface area contributed by atoms with E-state index in [1.807, 2.05) is 0 Å². The summed E-state index contributed by atoms with van der Waals surface area (Å²) in [4.78, 5) is 0. The van der Waals surface area contributed by atoms with E-state index >= 15 is 0 Å². The molecule has 0 atom stereocenters. The Morgan fingerprint density at radius 1 is 1.21 bits per heavy atom. The molecule has 0 saturated carbocycles. The standard InChI is InChI=1S/C8H2F3I2N/c9-8(10,11)5-1-4(3-14)2-6(12)7(5)13/h1-2H. The second kappa shape index (κ2) is 4.22. The van der Waals surface area contributed by atoms with Gasteiger partial charge in [-0.3, -0.25) is 0 Å². The van der Waals surface area contributed by atoms with Crippen molar-refractivity contribution in [3.63, 3.8) is 0 Å². The molecule has 0 amide bonds. The molecular weight excluding hydrogens is 421 g/mol. The number of benzene rings is 1. The molecule has 0 aliphatic rings. The summed E-state index contributed by atoms with van der Waals surface area (Å²) >= 11 is 3.41. The van der Waals surface area contributed by atoms with Crippen LogP contribution in [0.3, 0.4) is 0 Å². The largest absolute Gasteiger partial charge is 0.417 e. The maximum atomic E-state index is 12.4. The van der Waals surface area contributed by atoms with Crippen LogP contribution < -0.4 is 0 Å². The quantitative estimate of drug-likeness (QED) is 0.584. The lowest BCUT2D eigenvalue weighted by Crippen LogP contribution is -2.09. The fraction of sp³-hybridized carbons (Fsp3) is 0.125. The lowest BCUT2D eigenvalue weighted by atomic mass is 10.1. The van der Waals surface area contributed by atoms with E-state index in [4.69, 9.17) is 5.26 Å². The van der Waals surface area contributed by atoms with E-state index in [0.29, 0.717) is 3.57 Å². The van der Waals surface area contributed by atoms with Crippen LogP contribution in [-0.4, -0.2) is 0 Å². The van der Waals surface area contributed by atoms with Crippen LogP contribution in [0.15, 0.2) is 12.1 Å². The first kappa shape index (κ1) is 12.0. The van der Waals surface area contributed by atoms with Crippen molar-refractivity contribution in [2.45, 2.75) is 6.18 Å². The zero-order chi connectivity index (χ0) is 10.9. The van der Waals surface area contributed by atoms with Gasteiger partial charge in [-0.15, -0.1) is 0 Å². The van der Waals surface area contributed by atoms with Gasteiger partial charge in [0.2, 0.25) is 0 Å². The highest BCUT2D eigenvalue weighted by atomic mass is 127. The van der Waals surface area contributed by atoms with Gasteiger partial charge in [-0.2, -0.15) is 18.4 Å². The molecule has 0 saturated heterocycles. The molecule has 0 bridgehead atoms. The fourth-order valence-corrected chi connectivity index (χ4v) is 2.10. The van der Waals surface area contributed by atoms with Crippen molar-refractivity contribution in [2.75, 3.05) is 0 Å². The minimum absolute atomic E-state index is 0.0298. The summed E-state index contributed by atoms with van der Waals surface area (Å²) in [6, 6.07) is 3.99. The molecule has 0 fully saturated rings. The van der Waals surface area contributed by atoms with Gasteiger partial charge in [0.15, 0.2) is 0 Å². The Balaban J connectivity index is 3.44. The van der Waals surface area contributed by atoms with Gasteiger partial charge in [0.1, 0.15) is 0 Å². The maximum absolute atomic E-state index is 12.4. The van der Waals surface area contributed by atoms with Gasteiger partial charge in [0, 0.05) is 7.14 Å². The molecule has 0 radical (unpaired) electrons. The SMILES string of the molecule is N#Cc1cc(I)c(I)c(C(F)(F)F)c1. The molecule has 14 heavy (non-hydrogen) atoms. The second-order valence-electron chi connectivity index (χ2n) is 2.43. The number of halogens is 5. The maximum Gasteiger partial charge on any atom is 0.417 e. The molecule has 74 valence electrons. The first-order valence-corrected chi connectivity index (χ1v) is 5.48.